The molecule has 6 heteroatoms. The van der Waals surface area contributed by atoms with Gasteiger partial charge < -0.3 is 10.5 Å². The van der Waals surface area contributed by atoms with Crippen LogP contribution >= 0.6 is 15.9 Å². The summed E-state index contributed by atoms with van der Waals surface area (Å²) in [6.45, 7) is 0.887. The second-order valence-electron chi connectivity index (χ2n) is 5.16. The van der Waals surface area contributed by atoms with Crippen molar-refractivity contribution in [1.82, 2.24) is 0 Å². The summed E-state index contributed by atoms with van der Waals surface area (Å²) in [6, 6.07) is 5.05. The maximum absolute atomic E-state index is 11.1. The van der Waals surface area contributed by atoms with Crippen LogP contribution in [0.5, 0.6) is 0 Å². The van der Waals surface area contributed by atoms with Gasteiger partial charge in [0.2, 0.25) is 0 Å². The highest BCUT2D eigenvalue weighted by atomic mass is 79.9. The zero-order valence-corrected chi connectivity index (χ0v) is 12.8. The summed E-state index contributed by atoms with van der Waals surface area (Å²) in [7, 11) is 0. The molecule has 20 heavy (non-hydrogen) atoms. The average molecular weight is 343 g/mol. The van der Waals surface area contributed by atoms with Gasteiger partial charge in [0.1, 0.15) is 0 Å². The highest BCUT2D eigenvalue weighted by molar-refractivity contribution is 9.10. The monoisotopic (exact) mass is 342 g/mol. The van der Waals surface area contributed by atoms with Gasteiger partial charge in [0, 0.05) is 10.5 Å². The Kier molecular flexibility index (Phi) is 5.51. The van der Waals surface area contributed by atoms with Gasteiger partial charge in [-0.25, -0.2) is 0 Å². The summed E-state index contributed by atoms with van der Waals surface area (Å²) >= 11 is 3.25. The molecule has 0 aromatic heterocycles. The third kappa shape index (κ3) is 3.77. The number of nitro benzene ring substituents is 1. The van der Waals surface area contributed by atoms with Gasteiger partial charge in [0.05, 0.1) is 23.2 Å². The molecule has 0 bridgehead atoms. The summed E-state index contributed by atoms with van der Waals surface area (Å²) in [5, 5.41) is 11.1. The molecule has 0 amide bonds. The molecule has 2 atom stereocenters. The number of nitrogens with zero attached hydrogens (tertiary/aromatic N) is 1. The first kappa shape index (κ1) is 15.4. The van der Waals surface area contributed by atoms with Crippen molar-refractivity contribution in [2.75, 3.05) is 6.54 Å². The number of nitro groups is 1. The van der Waals surface area contributed by atoms with Crippen LogP contribution in [0.4, 0.5) is 5.69 Å². The van der Waals surface area contributed by atoms with E-state index < -0.39 is 0 Å². The Morgan fingerprint density at radius 3 is 2.85 bits per heavy atom. The van der Waals surface area contributed by atoms with E-state index in [0.717, 1.165) is 19.3 Å². The van der Waals surface area contributed by atoms with Crippen molar-refractivity contribution in [3.63, 3.8) is 0 Å². The highest BCUT2D eigenvalue weighted by Crippen LogP contribution is 2.29. The predicted octanol–water partition coefficient (Wildman–Crippen LogP) is 3.39. The summed E-state index contributed by atoms with van der Waals surface area (Å²) in [5.74, 6) is 0.373. The summed E-state index contributed by atoms with van der Waals surface area (Å²) in [4.78, 5) is 10.7. The van der Waals surface area contributed by atoms with Crippen LogP contribution in [0.25, 0.3) is 0 Å². The Labute approximate surface area is 126 Å². The summed E-state index contributed by atoms with van der Waals surface area (Å²) < 4.78 is 6.60. The smallest absolute Gasteiger partial charge is 0.276 e. The summed E-state index contributed by atoms with van der Waals surface area (Å²) in [6.07, 6.45) is 4.54. The molecule has 2 N–H and O–H groups in total. The SMILES string of the molecule is NCC1CCCCC1OCc1ccc(Br)cc1[N+](=O)[O-]. The molecule has 0 aliphatic heterocycles. The Bertz CT molecular complexity index is 481. The molecule has 1 aromatic carbocycles. The Morgan fingerprint density at radius 2 is 2.15 bits per heavy atom. The third-order valence-electron chi connectivity index (χ3n) is 3.84. The van der Waals surface area contributed by atoms with Gasteiger partial charge in [-0.1, -0.05) is 28.8 Å². The fourth-order valence-corrected chi connectivity index (χ4v) is 3.04. The van der Waals surface area contributed by atoms with Crippen LogP contribution in [0.3, 0.4) is 0 Å². The van der Waals surface area contributed by atoms with Crippen molar-refractivity contribution in [3.05, 3.63) is 38.3 Å². The van der Waals surface area contributed by atoms with Gasteiger partial charge in [-0.3, -0.25) is 10.1 Å². The van der Waals surface area contributed by atoms with Crippen LogP contribution in [-0.2, 0) is 11.3 Å². The lowest BCUT2D eigenvalue weighted by atomic mass is 9.86. The number of rotatable bonds is 5. The molecule has 1 aliphatic rings. The quantitative estimate of drug-likeness (QED) is 0.657. The molecule has 0 radical (unpaired) electrons. The first-order chi connectivity index (χ1) is 9.61. The molecular weight excluding hydrogens is 324 g/mol. The van der Waals surface area contributed by atoms with E-state index in [1.54, 1.807) is 12.1 Å². The highest BCUT2D eigenvalue weighted by Gasteiger charge is 2.25. The van der Waals surface area contributed by atoms with Gasteiger partial charge in [-0.2, -0.15) is 0 Å². The lowest BCUT2D eigenvalue weighted by Gasteiger charge is -2.30. The van der Waals surface area contributed by atoms with Gasteiger partial charge in [-0.15, -0.1) is 0 Å². The van der Waals surface area contributed by atoms with Gasteiger partial charge >= 0.3 is 0 Å². The van der Waals surface area contributed by atoms with E-state index in [9.17, 15) is 10.1 Å². The minimum Gasteiger partial charge on any atom is -0.373 e. The molecule has 1 saturated carbocycles. The number of halogens is 1. The van der Waals surface area contributed by atoms with E-state index in [1.807, 2.05) is 0 Å². The Balaban J connectivity index is 2.04. The molecule has 2 unspecified atom stereocenters. The van der Waals surface area contributed by atoms with E-state index in [4.69, 9.17) is 10.5 Å². The van der Waals surface area contributed by atoms with Crippen molar-refractivity contribution < 1.29 is 9.66 Å². The number of hydrogen-bond acceptors (Lipinski definition) is 4. The van der Waals surface area contributed by atoms with Crippen LogP contribution in [0, 0.1) is 16.0 Å². The second kappa shape index (κ2) is 7.15. The lowest BCUT2D eigenvalue weighted by Crippen LogP contribution is -2.33. The number of hydrogen-bond donors (Lipinski definition) is 1. The van der Waals surface area contributed by atoms with Crippen molar-refractivity contribution in [3.8, 4) is 0 Å². The lowest BCUT2D eigenvalue weighted by molar-refractivity contribution is -0.386. The molecule has 1 fully saturated rings. The molecule has 1 aromatic rings. The maximum atomic E-state index is 11.1. The van der Waals surface area contributed by atoms with Crippen LogP contribution < -0.4 is 5.73 Å². The zero-order chi connectivity index (χ0) is 14.5. The molecule has 110 valence electrons. The molecular formula is C14H19BrN2O3. The number of ether oxygens (including phenoxy) is 1. The molecule has 0 saturated heterocycles. The predicted molar refractivity (Wildman–Crippen MR) is 80.4 cm³/mol. The Morgan fingerprint density at radius 1 is 1.40 bits per heavy atom. The standard InChI is InChI=1S/C14H19BrN2O3/c15-12-6-5-11(13(7-12)17(18)19)9-20-14-4-2-1-3-10(14)8-16/h5-7,10,14H,1-4,8-9,16H2. The molecule has 5 nitrogen and oxygen atoms in total. The zero-order valence-electron chi connectivity index (χ0n) is 11.3. The summed E-state index contributed by atoms with van der Waals surface area (Å²) in [5.41, 5.74) is 6.47. The normalized spacial score (nSPS) is 22.7. The minimum atomic E-state index is -0.370. The van der Waals surface area contributed by atoms with Crippen molar-refractivity contribution in [2.24, 2.45) is 11.7 Å². The van der Waals surface area contributed by atoms with Crippen molar-refractivity contribution in [2.45, 2.75) is 38.4 Å². The molecule has 0 spiro atoms. The first-order valence-electron chi connectivity index (χ1n) is 6.86. The van der Waals surface area contributed by atoms with Crippen LogP contribution in [0.15, 0.2) is 22.7 Å². The van der Waals surface area contributed by atoms with Crippen LogP contribution in [-0.4, -0.2) is 17.6 Å². The van der Waals surface area contributed by atoms with E-state index in [-0.39, 0.29) is 23.3 Å². The topological polar surface area (TPSA) is 78.4 Å². The molecule has 0 heterocycles. The third-order valence-corrected chi connectivity index (χ3v) is 4.33. The number of benzene rings is 1. The van der Waals surface area contributed by atoms with Crippen molar-refractivity contribution >= 4 is 21.6 Å². The van der Waals surface area contributed by atoms with Crippen LogP contribution in [0.2, 0.25) is 0 Å². The Hall–Kier alpha value is -0.980. The van der Waals surface area contributed by atoms with Crippen molar-refractivity contribution in [1.29, 1.82) is 0 Å². The fourth-order valence-electron chi connectivity index (χ4n) is 2.69. The first-order valence-corrected chi connectivity index (χ1v) is 7.65. The molecule has 1 aliphatic carbocycles. The second-order valence-corrected chi connectivity index (χ2v) is 6.08. The van der Waals surface area contributed by atoms with Gasteiger partial charge in [0.25, 0.3) is 5.69 Å². The average Bonchev–Trinajstić information content (AvgIpc) is 2.46. The minimum absolute atomic E-state index is 0.0967. The largest absolute Gasteiger partial charge is 0.373 e. The maximum Gasteiger partial charge on any atom is 0.276 e. The van der Waals surface area contributed by atoms with Gasteiger partial charge in [0.15, 0.2) is 0 Å². The van der Waals surface area contributed by atoms with E-state index in [2.05, 4.69) is 15.9 Å². The number of nitrogens with two attached hydrogens (primary N) is 1. The van der Waals surface area contributed by atoms with Gasteiger partial charge in [-0.05, 0) is 37.4 Å². The van der Waals surface area contributed by atoms with E-state index in [0.29, 0.717) is 22.5 Å². The van der Waals surface area contributed by atoms with E-state index >= 15 is 0 Å². The molecule has 2 rings (SSSR count). The van der Waals surface area contributed by atoms with E-state index in [1.165, 1.54) is 12.5 Å². The fraction of sp³-hybridized carbons (Fsp3) is 0.571. The van der Waals surface area contributed by atoms with Crippen LogP contribution in [0.1, 0.15) is 31.2 Å².